The molecule has 0 bridgehead atoms. The zero-order valence-corrected chi connectivity index (χ0v) is 33.2. The highest BCUT2D eigenvalue weighted by molar-refractivity contribution is 5.69. The molecule has 0 fully saturated rings. The molecule has 0 heterocycles. The van der Waals surface area contributed by atoms with Crippen molar-refractivity contribution in [3.63, 3.8) is 0 Å². The number of aliphatic hydroxyl groups excluding tert-OH is 2. The Balaban J connectivity index is 3.54. The van der Waals surface area contributed by atoms with Crippen LogP contribution < -0.4 is 0 Å². The highest BCUT2D eigenvalue weighted by Crippen LogP contribution is 2.15. The average molecular weight is 717 g/mol. The van der Waals surface area contributed by atoms with E-state index < -0.39 is 12.2 Å². The fraction of sp³-hybridized carbons (Fsp3) is 0.778. The van der Waals surface area contributed by atoms with Crippen LogP contribution in [-0.4, -0.2) is 47.6 Å². The predicted molar refractivity (Wildman–Crippen MR) is 216 cm³/mol. The zero-order valence-electron chi connectivity index (χ0n) is 33.2. The van der Waals surface area contributed by atoms with Crippen LogP contribution in [0.3, 0.4) is 0 Å². The van der Waals surface area contributed by atoms with Crippen molar-refractivity contribution < 1.29 is 29.3 Å². The minimum atomic E-state index is -1.00. The summed E-state index contributed by atoms with van der Waals surface area (Å²) in [4.78, 5) is 24.0. The van der Waals surface area contributed by atoms with Gasteiger partial charge in [0, 0.05) is 12.8 Å². The lowest BCUT2D eigenvalue weighted by Crippen LogP contribution is -2.25. The van der Waals surface area contributed by atoms with E-state index in [1.165, 1.54) is 122 Å². The van der Waals surface area contributed by atoms with Gasteiger partial charge in [-0.2, -0.15) is 0 Å². The molecule has 2 atom stereocenters. The second-order valence-corrected chi connectivity index (χ2v) is 14.3. The van der Waals surface area contributed by atoms with Crippen LogP contribution in [0.25, 0.3) is 0 Å². The van der Waals surface area contributed by atoms with Crippen LogP contribution in [0.1, 0.15) is 200 Å². The van der Waals surface area contributed by atoms with Gasteiger partial charge in [0.05, 0.1) is 6.10 Å². The Kier molecular flexibility index (Phi) is 38.9. The molecule has 0 amide bonds. The third kappa shape index (κ3) is 40.4. The molecule has 0 unspecified atom stereocenters. The molecule has 0 aliphatic carbocycles. The Hall–Kier alpha value is -2.18. The van der Waals surface area contributed by atoms with E-state index in [2.05, 4.69) is 19.9 Å². The number of hydrogen-bond acceptors (Lipinski definition) is 6. The lowest BCUT2D eigenvalue weighted by atomic mass is 10.0. The first kappa shape index (κ1) is 48.8. The topological polar surface area (TPSA) is 93.1 Å². The molecule has 0 spiro atoms. The number of allylic oxidation sites excluding steroid dienone is 6. The smallest absolute Gasteiger partial charge is 0.305 e. The summed E-state index contributed by atoms with van der Waals surface area (Å²) in [5, 5.41) is 20.0. The number of ether oxygens (including phenoxy) is 2. The van der Waals surface area contributed by atoms with Crippen molar-refractivity contribution in [3.8, 4) is 0 Å². The summed E-state index contributed by atoms with van der Waals surface area (Å²) in [7, 11) is 0. The van der Waals surface area contributed by atoms with Crippen LogP contribution in [0, 0.1) is 0 Å². The Labute approximate surface area is 314 Å². The first-order valence-electron chi connectivity index (χ1n) is 21.3. The maximum atomic E-state index is 12.0. The van der Waals surface area contributed by atoms with Crippen molar-refractivity contribution >= 4 is 11.9 Å². The molecule has 2 N–H and O–H groups in total. The molecular weight excluding hydrogens is 636 g/mol. The third-order valence-corrected chi connectivity index (χ3v) is 9.15. The summed E-state index contributed by atoms with van der Waals surface area (Å²) >= 11 is 0. The van der Waals surface area contributed by atoms with Gasteiger partial charge in [-0.25, -0.2) is 0 Å². The third-order valence-electron chi connectivity index (χ3n) is 9.15. The van der Waals surface area contributed by atoms with Crippen LogP contribution in [0.4, 0.5) is 0 Å². The van der Waals surface area contributed by atoms with Crippen LogP contribution in [0.5, 0.6) is 0 Å². The molecule has 0 radical (unpaired) electrons. The highest BCUT2D eigenvalue weighted by atomic mass is 16.6. The summed E-state index contributed by atoms with van der Waals surface area (Å²) in [6.45, 7) is 4.16. The molecule has 0 aliphatic rings. The van der Waals surface area contributed by atoms with E-state index in [4.69, 9.17) is 9.47 Å². The van der Waals surface area contributed by atoms with Crippen molar-refractivity contribution in [3.05, 3.63) is 48.6 Å². The number of rotatable bonds is 38. The quantitative estimate of drug-likeness (QED) is 0.0286. The van der Waals surface area contributed by atoms with E-state index in [1.54, 1.807) is 0 Å². The second kappa shape index (κ2) is 40.6. The summed E-state index contributed by atoms with van der Waals surface area (Å²) in [6.07, 6.45) is 47.7. The van der Waals surface area contributed by atoms with Gasteiger partial charge in [-0.05, 0) is 44.9 Å². The highest BCUT2D eigenvalue weighted by Gasteiger charge is 2.12. The fourth-order valence-electron chi connectivity index (χ4n) is 5.87. The number of carbonyl (C=O) groups is 2. The van der Waals surface area contributed by atoms with E-state index in [9.17, 15) is 19.8 Å². The predicted octanol–water partition coefficient (Wildman–Crippen LogP) is 12.4. The molecule has 296 valence electrons. The molecule has 0 aliphatic heterocycles. The van der Waals surface area contributed by atoms with E-state index in [1.807, 2.05) is 42.5 Å². The first-order valence-corrected chi connectivity index (χ1v) is 21.3. The first-order chi connectivity index (χ1) is 25.0. The maximum Gasteiger partial charge on any atom is 0.305 e. The number of unbranched alkanes of at least 4 members (excludes halogenated alkanes) is 22. The minimum Gasteiger partial charge on any atom is -0.463 e. The molecule has 0 aromatic carbocycles. The van der Waals surface area contributed by atoms with Gasteiger partial charge in [0.15, 0.2) is 0 Å². The largest absolute Gasteiger partial charge is 0.463 e. The molecule has 0 saturated heterocycles. The second-order valence-electron chi connectivity index (χ2n) is 14.3. The molecule has 6 nitrogen and oxygen atoms in total. The number of esters is 2. The summed E-state index contributed by atoms with van der Waals surface area (Å²) < 4.78 is 10.3. The number of hydrogen-bond donors (Lipinski definition) is 2. The molecule has 51 heavy (non-hydrogen) atoms. The molecule has 0 saturated carbocycles. The van der Waals surface area contributed by atoms with Gasteiger partial charge in [-0.3, -0.25) is 9.59 Å². The molecule has 0 aromatic heterocycles. The van der Waals surface area contributed by atoms with Gasteiger partial charge in [-0.15, -0.1) is 0 Å². The number of aliphatic hydroxyl groups is 2. The van der Waals surface area contributed by atoms with E-state index in [-0.39, 0.29) is 31.6 Å². The lowest BCUT2D eigenvalue weighted by Gasteiger charge is -2.12. The van der Waals surface area contributed by atoms with Crippen molar-refractivity contribution in [1.82, 2.24) is 0 Å². The monoisotopic (exact) mass is 717 g/mol. The van der Waals surface area contributed by atoms with Crippen LogP contribution in [-0.2, 0) is 19.1 Å². The van der Waals surface area contributed by atoms with Crippen molar-refractivity contribution in [1.29, 1.82) is 0 Å². The van der Waals surface area contributed by atoms with Crippen LogP contribution in [0.2, 0.25) is 0 Å². The van der Waals surface area contributed by atoms with Crippen molar-refractivity contribution in [2.75, 3.05) is 13.2 Å². The van der Waals surface area contributed by atoms with Gasteiger partial charge in [0.2, 0.25) is 0 Å². The molecular formula is C45H80O6. The minimum absolute atomic E-state index is 0.148. The van der Waals surface area contributed by atoms with E-state index >= 15 is 0 Å². The fourth-order valence-corrected chi connectivity index (χ4v) is 5.87. The summed E-state index contributed by atoms with van der Waals surface area (Å²) in [5.74, 6) is -0.663. The van der Waals surface area contributed by atoms with E-state index in [0.29, 0.717) is 19.3 Å². The SMILES string of the molecule is CCCCC/C=C\C=C/[C@@H](O)C/C=C\C/C=C/CCCC(=O)OC[C@@H](O)COC(=O)CCCCCCCCCCCCCCCCCCCCC. The van der Waals surface area contributed by atoms with E-state index in [0.717, 1.165) is 38.5 Å². The summed E-state index contributed by atoms with van der Waals surface area (Å²) in [5.41, 5.74) is 0. The van der Waals surface area contributed by atoms with Gasteiger partial charge >= 0.3 is 11.9 Å². The summed E-state index contributed by atoms with van der Waals surface area (Å²) in [6, 6.07) is 0. The number of carbonyl (C=O) groups excluding carboxylic acids is 2. The molecule has 0 rings (SSSR count). The lowest BCUT2D eigenvalue weighted by molar-refractivity contribution is -0.152. The van der Waals surface area contributed by atoms with Crippen LogP contribution in [0.15, 0.2) is 48.6 Å². The van der Waals surface area contributed by atoms with Crippen molar-refractivity contribution in [2.45, 2.75) is 212 Å². The standard InChI is InChI=1S/C45H80O6/c1-3-5-7-9-11-12-13-14-15-16-17-18-19-20-21-22-26-30-34-38-44(48)50-40-43(47)41-51-45(49)39-35-31-27-23-25-29-33-37-42(46)36-32-28-24-10-8-6-4-2/h23-24,27-29,32-33,36,42-43,46-47H,3-22,25-26,30-31,34-35,37-41H2,1-2H3/b27-23+,28-24-,33-29-,36-32-/t42-,43+/m1/s1. The van der Waals surface area contributed by atoms with Crippen LogP contribution >= 0.6 is 0 Å². The Bertz CT molecular complexity index is 876. The Morgan fingerprint density at radius 1 is 0.490 bits per heavy atom. The zero-order chi connectivity index (χ0) is 37.3. The normalized spacial score (nSPS) is 13.3. The van der Waals surface area contributed by atoms with Gasteiger partial charge in [0.25, 0.3) is 0 Å². The average Bonchev–Trinajstić information content (AvgIpc) is 3.12. The van der Waals surface area contributed by atoms with Gasteiger partial charge in [0.1, 0.15) is 19.3 Å². The van der Waals surface area contributed by atoms with Gasteiger partial charge < -0.3 is 19.7 Å². The molecule has 6 heteroatoms. The Morgan fingerprint density at radius 3 is 1.45 bits per heavy atom. The Morgan fingerprint density at radius 2 is 0.922 bits per heavy atom. The molecule has 0 aromatic rings. The van der Waals surface area contributed by atoms with Crippen molar-refractivity contribution in [2.24, 2.45) is 0 Å². The van der Waals surface area contributed by atoms with Gasteiger partial charge in [-0.1, -0.05) is 191 Å². The maximum absolute atomic E-state index is 12.0.